The zero-order chi connectivity index (χ0) is 41.8. The number of unbranched alkanes of at least 4 members (excludes halogenated alkanes) is 3. The molecule has 0 spiro atoms. The van der Waals surface area contributed by atoms with Crippen molar-refractivity contribution in [3.63, 3.8) is 0 Å². The lowest BCUT2D eigenvalue weighted by Crippen LogP contribution is -2.62. The molecule has 2 N–H and O–H groups in total. The SMILES string of the molecule is CC(C)(C)OC(=O)N[C@H]1CN(C(=O)CCCCCC#Cc2cccc3c2CN(C2CCC(=O)NC2=O)C3=O)CC[C@H]2CC[C@@H](C(=O)N3CC(c4cccnc4)C3)N2C1=O. The first-order valence-electron chi connectivity index (χ1n) is 20.8. The third-order valence-corrected chi connectivity index (χ3v) is 11.9. The highest BCUT2D eigenvalue weighted by atomic mass is 16.6. The lowest BCUT2D eigenvalue weighted by molar-refractivity contribution is -0.151. The van der Waals surface area contributed by atoms with Gasteiger partial charge in [0.25, 0.3) is 5.91 Å². The number of benzene rings is 1. The highest BCUT2D eigenvalue weighted by molar-refractivity contribution is 6.05. The van der Waals surface area contributed by atoms with Crippen LogP contribution in [0.4, 0.5) is 4.79 Å². The van der Waals surface area contributed by atoms with Crippen molar-refractivity contribution in [2.75, 3.05) is 26.2 Å². The molecule has 6 heterocycles. The minimum atomic E-state index is -1.08. The van der Waals surface area contributed by atoms with E-state index in [1.807, 2.05) is 24.4 Å². The Hall–Kier alpha value is -5.78. The average molecular weight is 808 g/mol. The van der Waals surface area contributed by atoms with Gasteiger partial charge in [0.15, 0.2) is 0 Å². The normalized spacial score (nSPS) is 23.3. The number of hydrogen-bond acceptors (Lipinski definition) is 9. The zero-order valence-electron chi connectivity index (χ0n) is 34.0. The fraction of sp³-hybridized carbons (Fsp3) is 0.545. The molecule has 15 nitrogen and oxygen atoms in total. The van der Waals surface area contributed by atoms with Crippen molar-refractivity contribution in [3.8, 4) is 11.8 Å². The summed E-state index contributed by atoms with van der Waals surface area (Å²) in [4.78, 5) is 103. The van der Waals surface area contributed by atoms with E-state index in [2.05, 4.69) is 27.5 Å². The highest BCUT2D eigenvalue weighted by Crippen LogP contribution is 2.34. The first kappa shape index (κ1) is 41.4. The van der Waals surface area contributed by atoms with Crippen LogP contribution in [0.2, 0.25) is 0 Å². The fourth-order valence-electron chi connectivity index (χ4n) is 8.78. The van der Waals surface area contributed by atoms with Gasteiger partial charge in [-0.25, -0.2) is 4.79 Å². The highest BCUT2D eigenvalue weighted by Gasteiger charge is 2.48. The summed E-state index contributed by atoms with van der Waals surface area (Å²) in [7, 11) is 0. The molecule has 0 aliphatic carbocycles. The topological polar surface area (TPSA) is 179 Å². The van der Waals surface area contributed by atoms with Crippen molar-refractivity contribution in [3.05, 3.63) is 65.0 Å². The van der Waals surface area contributed by atoms with Crippen LogP contribution in [0.25, 0.3) is 0 Å². The molecule has 0 radical (unpaired) electrons. The van der Waals surface area contributed by atoms with Crippen molar-refractivity contribution >= 4 is 41.5 Å². The third kappa shape index (κ3) is 9.42. The number of imide groups is 1. The summed E-state index contributed by atoms with van der Waals surface area (Å²) in [5, 5.41) is 5.06. The number of ether oxygens (including phenoxy) is 1. The van der Waals surface area contributed by atoms with Crippen molar-refractivity contribution in [1.82, 2.24) is 35.2 Å². The van der Waals surface area contributed by atoms with E-state index in [-0.39, 0.29) is 67.4 Å². The lowest BCUT2D eigenvalue weighted by atomic mass is 9.92. The molecule has 4 atom stereocenters. The number of rotatable bonds is 9. The molecule has 15 heteroatoms. The van der Waals surface area contributed by atoms with Crippen LogP contribution in [-0.2, 0) is 35.3 Å². The summed E-state index contributed by atoms with van der Waals surface area (Å²) >= 11 is 0. The first-order chi connectivity index (χ1) is 28.3. The van der Waals surface area contributed by atoms with E-state index in [9.17, 15) is 33.6 Å². The molecular weight excluding hydrogens is 755 g/mol. The number of nitrogens with zero attached hydrogens (tertiary/aromatic N) is 5. The van der Waals surface area contributed by atoms with Crippen LogP contribution < -0.4 is 10.6 Å². The Labute approximate surface area is 344 Å². The van der Waals surface area contributed by atoms with E-state index in [0.717, 1.165) is 29.5 Å². The molecule has 1 aromatic carbocycles. The Morgan fingerprint density at radius 1 is 0.949 bits per heavy atom. The van der Waals surface area contributed by atoms with Gasteiger partial charge < -0.3 is 29.7 Å². The van der Waals surface area contributed by atoms with Crippen LogP contribution >= 0.6 is 0 Å². The summed E-state index contributed by atoms with van der Waals surface area (Å²) in [6, 6.07) is 6.63. The van der Waals surface area contributed by atoms with Crippen LogP contribution in [0.5, 0.6) is 0 Å². The van der Waals surface area contributed by atoms with Crippen molar-refractivity contribution in [2.45, 2.75) is 127 Å². The van der Waals surface area contributed by atoms with Gasteiger partial charge in [-0.15, -0.1) is 0 Å². The van der Waals surface area contributed by atoms with Crippen molar-refractivity contribution < 1.29 is 38.3 Å². The van der Waals surface area contributed by atoms with Gasteiger partial charge in [0.05, 0.1) is 6.54 Å². The Morgan fingerprint density at radius 3 is 2.51 bits per heavy atom. The van der Waals surface area contributed by atoms with E-state index in [0.29, 0.717) is 63.7 Å². The van der Waals surface area contributed by atoms with Crippen LogP contribution in [0.1, 0.15) is 118 Å². The van der Waals surface area contributed by atoms with Crippen LogP contribution in [0.15, 0.2) is 42.7 Å². The fourth-order valence-corrected chi connectivity index (χ4v) is 8.78. The van der Waals surface area contributed by atoms with Gasteiger partial charge in [-0.05, 0) is 88.6 Å². The second-order valence-electron chi connectivity index (χ2n) is 17.1. The zero-order valence-corrected chi connectivity index (χ0v) is 34.0. The molecule has 0 bridgehead atoms. The minimum Gasteiger partial charge on any atom is -0.444 e. The van der Waals surface area contributed by atoms with E-state index in [1.54, 1.807) is 53.8 Å². The number of likely N-dealkylation sites (tertiary alicyclic amines) is 1. The molecule has 5 aliphatic rings. The summed E-state index contributed by atoms with van der Waals surface area (Å²) in [5.74, 6) is 5.00. The Balaban J connectivity index is 0.922. The van der Waals surface area contributed by atoms with Gasteiger partial charge in [-0.2, -0.15) is 0 Å². The van der Waals surface area contributed by atoms with Crippen molar-refractivity contribution in [2.24, 2.45) is 0 Å². The average Bonchev–Trinajstić information content (AvgIpc) is 3.74. The Morgan fingerprint density at radius 2 is 1.76 bits per heavy atom. The number of carbonyl (C=O) groups is 7. The molecule has 7 rings (SSSR count). The predicted octanol–water partition coefficient (Wildman–Crippen LogP) is 3.26. The molecule has 2 aromatic rings. The van der Waals surface area contributed by atoms with E-state index >= 15 is 0 Å². The number of alkyl carbamates (subject to hydrolysis) is 1. The summed E-state index contributed by atoms with van der Waals surface area (Å²) < 4.78 is 5.51. The maximum atomic E-state index is 14.3. The number of amides is 7. The second kappa shape index (κ2) is 17.6. The van der Waals surface area contributed by atoms with Gasteiger partial charge >= 0.3 is 6.09 Å². The molecule has 312 valence electrons. The molecular formula is C44H53N7O8. The van der Waals surface area contributed by atoms with Crippen LogP contribution in [0, 0.1) is 11.8 Å². The molecule has 59 heavy (non-hydrogen) atoms. The number of fused-ring (bicyclic) bond motifs is 2. The molecule has 1 unspecified atom stereocenters. The van der Waals surface area contributed by atoms with Crippen molar-refractivity contribution in [1.29, 1.82) is 0 Å². The number of hydrogen-bond donors (Lipinski definition) is 2. The van der Waals surface area contributed by atoms with E-state index in [1.165, 1.54) is 4.90 Å². The van der Waals surface area contributed by atoms with E-state index < -0.39 is 35.7 Å². The smallest absolute Gasteiger partial charge is 0.408 e. The second-order valence-corrected chi connectivity index (χ2v) is 17.1. The quantitative estimate of drug-likeness (QED) is 0.219. The minimum absolute atomic E-state index is 0.0236. The van der Waals surface area contributed by atoms with Gasteiger partial charge in [0.2, 0.25) is 29.5 Å². The first-order valence-corrected chi connectivity index (χ1v) is 20.8. The third-order valence-electron chi connectivity index (χ3n) is 11.9. The largest absolute Gasteiger partial charge is 0.444 e. The number of pyridine rings is 1. The number of nitrogens with one attached hydrogen (secondary N) is 2. The molecule has 4 fully saturated rings. The molecule has 7 amide bonds. The Kier molecular flexibility index (Phi) is 12.3. The van der Waals surface area contributed by atoms with Gasteiger partial charge in [-0.1, -0.05) is 30.4 Å². The standard InChI is InChI=1S/C44H53N7O8/c1-44(2,3)59-43(58)46-34-27-48(22-20-31-16-17-36(51(31)41(34)56)42(57)49-24-30(25-49)29-13-10-21-45-23-29)38(53)15-8-6-4-5-7-11-28-12-9-14-32-33(28)26-50(40(32)55)35-18-19-37(52)47-39(35)54/h9-10,12-14,21,23,30-31,34-36H,4-6,8,15-20,22,24-27H2,1-3H3,(H,46,58)(H,47,52,54)/t31-,34+,35?,36+/m1/s1. The maximum Gasteiger partial charge on any atom is 0.408 e. The maximum absolute atomic E-state index is 14.3. The van der Waals surface area contributed by atoms with E-state index in [4.69, 9.17) is 4.74 Å². The predicted molar refractivity (Wildman–Crippen MR) is 214 cm³/mol. The Bertz CT molecular complexity index is 2050. The molecule has 0 saturated carbocycles. The molecule has 4 saturated heterocycles. The van der Waals surface area contributed by atoms with Crippen LogP contribution in [-0.4, -0.2) is 122 Å². The number of piperidine rings is 1. The van der Waals surface area contributed by atoms with Gasteiger partial charge in [-0.3, -0.25) is 39.1 Å². The lowest BCUT2D eigenvalue weighted by Gasteiger charge is -2.44. The summed E-state index contributed by atoms with van der Waals surface area (Å²) in [6.45, 7) is 6.96. The summed E-state index contributed by atoms with van der Waals surface area (Å²) in [6.07, 6.45) is 7.93. The number of carbonyl (C=O) groups excluding carboxylic acids is 7. The van der Waals surface area contributed by atoms with Gasteiger partial charge in [0.1, 0.15) is 23.7 Å². The number of aromatic nitrogens is 1. The molecule has 1 aromatic heterocycles. The summed E-state index contributed by atoms with van der Waals surface area (Å²) in [5.41, 5.74) is 2.31. The van der Waals surface area contributed by atoms with Crippen LogP contribution in [0.3, 0.4) is 0 Å². The molecule has 5 aliphatic heterocycles. The monoisotopic (exact) mass is 807 g/mol. The van der Waals surface area contributed by atoms with Gasteiger partial charge in [0, 0.05) is 80.9 Å².